The Kier molecular flexibility index (Phi) is 5.46. The van der Waals surface area contributed by atoms with E-state index in [1.54, 1.807) is 13.2 Å². The first-order chi connectivity index (χ1) is 9.85. The van der Waals surface area contributed by atoms with Crippen molar-refractivity contribution < 1.29 is 9.26 Å². The molecular weight excluding hydrogens is 294 g/mol. The summed E-state index contributed by atoms with van der Waals surface area (Å²) in [6.07, 6.45) is 5.71. The first-order valence-electron chi connectivity index (χ1n) is 6.77. The largest absolute Gasteiger partial charge is 0.481 e. The number of nitrogens with zero attached hydrogens (tertiary/aromatic N) is 4. The fraction of sp³-hybridized carbons (Fsp3) is 0.538. The van der Waals surface area contributed by atoms with Crippen LogP contribution in [0.25, 0.3) is 11.5 Å². The highest BCUT2D eigenvalue weighted by molar-refractivity contribution is 5.85. The Hall–Kier alpha value is -1.73. The zero-order valence-corrected chi connectivity index (χ0v) is 12.6. The molecule has 0 amide bonds. The highest BCUT2D eigenvalue weighted by atomic mass is 35.5. The SMILES string of the molecule is COc1cc(-c2noc(CCC3CCCN3)n2)ncn1.Cl. The van der Waals surface area contributed by atoms with E-state index in [9.17, 15) is 0 Å². The van der Waals surface area contributed by atoms with E-state index in [0.717, 1.165) is 19.4 Å². The fourth-order valence-electron chi connectivity index (χ4n) is 2.33. The van der Waals surface area contributed by atoms with Crippen LogP contribution >= 0.6 is 12.4 Å². The monoisotopic (exact) mass is 311 g/mol. The molecule has 1 saturated heterocycles. The predicted octanol–water partition coefficient (Wildman–Crippen LogP) is 1.64. The summed E-state index contributed by atoms with van der Waals surface area (Å²) in [7, 11) is 1.56. The van der Waals surface area contributed by atoms with Gasteiger partial charge in [-0.15, -0.1) is 12.4 Å². The summed E-state index contributed by atoms with van der Waals surface area (Å²) in [6, 6.07) is 2.26. The average Bonchev–Trinajstić information content (AvgIpc) is 3.16. The van der Waals surface area contributed by atoms with E-state index in [0.29, 0.717) is 29.3 Å². The summed E-state index contributed by atoms with van der Waals surface area (Å²) in [6.45, 7) is 1.11. The summed E-state index contributed by atoms with van der Waals surface area (Å²) in [5.41, 5.74) is 0.603. The number of hydrogen-bond acceptors (Lipinski definition) is 7. The number of nitrogens with one attached hydrogen (secondary N) is 1. The third kappa shape index (κ3) is 3.89. The molecule has 0 aliphatic carbocycles. The standard InChI is InChI=1S/C13H17N5O2.ClH/c1-19-12-7-10(15-8-16-12)13-17-11(20-18-13)5-4-9-3-2-6-14-9;/h7-9,14H,2-6H2,1H3;1H. The van der Waals surface area contributed by atoms with E-state index < -0.39 is 0 Å². The molecule has 1 unspecified atom stereocenters. The first-order valence-corrected chi connectivity index (χ1v) is 6.77. The first kappa shape index (κ1) is 15.7. The van der Waals surface area contributed by atoms with Gasteiger partial charge < -0.3 is 14.6 Å². The van der Waals surface area contributed by atoms with Gasteiger partial charge in [0.05, 0.1) is 7.11 Å². The Bertz CT molecular complexity index is 571. The van der Waals surface area contributed by atoms with Crippen LogP contribution in [0.15, 0.2) is 16.9 Å². The molecule has 114 valence electrons. The van der Waals surface area contributed by atoms with E-state index in [1.165, 1.54) is 19.2 Å². The lowest BCUT2D eigenvalue weighted by Gasteiger charge is -2.06. The maximum atomic E-state index is 5.26. The lowest BCUT2D eigenvalue weighted by Crippen LogP contribution is -2.21. The molecule has 0 spiro atoms. The number of hydrogen-bond donors (Lipinski definition) is 1. The summed E-state index contributed by atoms with van der Waals surface area (Å²) < 4.78 is 10.3. The van der Waals surface area contributed by atoms with Crippen molar-refractivity contribution in [3.63, 3.8) is 0 Å². The molecular formula is C13H18ClN5O2. The Morgan fingerprint density at radius 1 is 1.43 bits per heavy atom. The minimum Gasteiger partial charge on any atom is -0.481 e. The van der Waals surface area contributed by atoms with E-state index in [4.69, 9.17) is 9.26 Å². The summed E-state index contributed by atoms with van der Waals surface area (Å²) in [5.74, 6) is 1.60. The van der Waals surface area contributed by atoms with E-state index in [2.05, 4.69) is 25.4 Å². The minimum atomic E-state index is 0. The number of halogens is 1. The van der Waals surface area contributed by atoms with Gasteiger partial charge in [0.15, 0.2) is 0 Å². The Labute approximate surface area is 128 Å². The van der Waals surface area contributed by atoms with Crippen molar-refractivity contribution in [1.82, 2.24) is 25.4 Å². The van der Waals surface area contributed by atoms with Crippen LogP contribution in [-0.2, 0) is 6.42 Å². The highest BCUT2D eigenvalue weighted by Crippen LogP contribution is 2.18. The lowest BCUT2D eigenvalue weighted by atomic mass is 10.1. The molecule has 1 atom stereocenters. The van der Waals surface area contributed by atoms with Crippen molar-refractivity contribution in [1.29, 1.82) is 0 Å². The van der Waals surface area contributed by atoms with Gasteiger partial charge in [-0.1, -0.05) is 5.16 Å². The van der Waals surface area contributed by atoms with Crippen LogP contribution in [0, 0.1) is 0 Å². The van der Waals surface area contributed by atoms with Gasteiger partial charge in [-0.05, 0) is 25.8 Å². The quantitative estimate of drug-likeness (QED) is 0.898. The van der Waals surface area contributed by atoms with Crippen LogP contribution in [0.1, 0.15) is 25.2 Å². The van der Waals surface area contributed by atoms with E-state index in [-0.39, 0.29) is 12.4 Å². The number of aryl methyl sites for hydroxylation is 1. The molecule has 2 aromatic rings. The maximum Gasteiger partial charge on any atom is 0.227 e. The van der Waals surface area contributed by atoms with Crippen molar-refractivity contribution in [2.45, 2.75) is 31.7 Å². The minimum absolute atomic E-state index is 0. The Morgan fingerprint density at radius 2 is 2.33 bits per heavy atom. The maximum absolute atomic E-state index is 5.26. The third-order valence-electron chi connectivity index (χ3n) is 3.42. The second kappa shape index (κ2) is 7.33. The number of methoxy groups -OCH3 is 1. The van der Waals surface area contributed by atoms with Crippen molar-refractivity contribution in [2.75, 3.05) is 13.7 Å². The smallest absolute Gasteiger partial charge is 0.227 e. The molecule has 0 radical (unpaired) electrons. The third-order valence-corrected chi connectivity index (χ3v) is 3.42. The lowest BCUT2D eigenvalue weighted by molar-refractivity contribution is 0.368. The van der Waals surface area contributed by atoms with Crippen molar-refractivity contribution in [2.24, 2.45) is 0 Å². The van der Waals surface area contributed by atoms with Crippen molar-refractivity contribution in [3.05, 3.63) is 18.3 Å². The van der Waals surface area contributed by atoms with Crippen LogP contribution in [-0.4, -0.2) is 39.8 Å². The van der Waals surface area contributed by atoms with Gasteiger partial charge >= 0.3 is 0 Å². The summed E-state index contributed by atoms with van der Waals surface area (Å²) in [4.78, 5) is 12.4. The van der Waals surface area contributed by atoms with Crippen LogP contribution in [0.4, 0.5) is 0 Å². The molecule has 1 fully saturated rings. The van der Waals surface area contributed by atoms with Crippen molar-refractivity contribution in [3.8, 4) is 17.4 Å². The van der Waals surface area contributed by atoms with Crippen LogP contribution < -0.4 is 10.1 Å². The zero-order chi connectivity index (χ0) is 13.8. The Morgan fingerprint density at radius 3 is 3.10 bits per heavy atom. The van der Waals surface area contributed by atoms with E-state index >= 15 is 0 Å². The highest BCUT2D eigenvalue weighted by Gasteiger charge is 2.16. The number of ether oxygens (including phenoxy) is 1. The van der Waals surface area contributed by atoms with Gasteiger partial charge in [0.25, 0.3) is 0 Å². The molecule has 1 N–H and O–H groups in total. The second-order valence-electron chi connectivity index (χ2n) is 4.79. The fourth-order valence-corrected chi connectivity index (χ4v) is 2.33. The van der Waals surface area contributed by atoms with Gasteiger partial charge in [0.2, 0.25) is 17.6 Å². The Balaban J connectivity index is 0.00000161. The average molecular weight is 312 g/mol. The van der Waals surface area contributed by atoms with Crippen molar-refractivity contribution >= 4 is 12.4 Å². The van der Waals surface area contributed by atoms with Gasteiger partial charge in [0.1, 0.15) is 12.0 Å². The molecule has 0 bridgehead atoms. The second-order valence-corrected chi connectivity index (χ2v) is 4.79. The van der Waals surface area contributed by atoms with Gasteiger partial charge in [-0.2, -0.15) is 4.98 Å². The predicted molar refractivity (Wildman–Crippen MR) is 78.5 cm³/mol. The zero-order valence-electron chi connectivity index (χ0n) is 11.8. The molecule has 1 aliphatic rings. The number of aromatic nitrogens is 4. The number of rotatable bonds is 5. The van der Waals surface area contributed by atoms with E-state index in [1.807, 2.05) is 0 Å². The van der Waals surface area contributed by atoms with Crippen LogP contribution in [0.2, 0.25) is 0 Å². The van der Waals surface area contributed by atoms with Crippen LogP contribution in [0.3, 0.4) is 0 Å². The molecule has 3 heterocycles. The summed E-state index contributed by atoms with van der Waals surface area (Å²) in [5, 5.41) is 7.41. The van der Waals surface area contributed by atoms with Crippen LogP contribution in [0.5, 0.6) is 5.88 Å². The molecule has 3 rings (SSSR count). The van der Waals surface area contributed by atoms with Gasteiger partial charge in [-0.3, -0.25) is 0 Å². The molecule has 0 saturated carbocycles. The molecule has 21 heavy (non-hydrogen) atoms. The molecule has 8 heteroatoms. The van der Waals surface area contributed by atoms with Gasteiger partial charge in [0, 0.05) is 18.5 Å². The molecule has 2 aromatic heterocycles. The summed E-state index contributed by atoms with van der Waals surface area (Å²) >= 11 is 0. The molecule has 0 aromatic carbocycles. The molecule has 7 nitrogen and oxygen atoms in total. The van der Waals surface area contributed by atoms with Gasteiger partial charge in [-0.25, -0.2) is 9.97 Å². The molecule has 1 aliphatic heterocycles. The normalized spacial score (nSPS) is 17.5. The topological polar surface area (TPSA) is 86.0 Å².